The van der Waals surface area contributed by atoms with Crippen LogP contribution >= 0.6 is 11.6 Å². The highest BCUT2D eigenvalue weighted by Crippen LogP contribution is 2.47. The van der Waals surface area contributed by atoms with E-state index in [4.69, 9.17) is 11.6 Å². The fraction of sp³-hybridized carbons (Fsp3) is 0.222. The Morgan fingerprint density at radius 2 is 1.68 bits per heavy atom. The van der Waals surface area contributed by atoms with E-state index >= 15 is 0 Å². The molecular formula is C27H22ClN5O5. The molecule has 10 nitrogen and oxygen atoms in total. The number of para-hydroxylation sites is 1. The number of halogens is 1. The van der Waals surface area contributed by atoms with E-state index < -0.39 is 34.2 Å². The number of amides is 4. The minimum absolute atomic E-state index is 0.0875. The molecule has 3 aliphatic heterocycles. The van der Waals surface area contributed by atoms with Crippen molar-refractivity contribution in [3.63, 3.8) is 0 Å². The monoisotopic (exact) mass is 531 g/mol. The van der Waals surface area contributed by atoms with Crippen LogP contribution in [-0.4, -0.2) is 48.4 Å². The SMILES string of the molecule is O=C1NC(=O)[C@]2(Cc3cc([N+](=O)[O-])ccc3N3CCN(c4ccccc4)C[C@@H]32)C(=O)N1c1ccc(Cl)cc1. The molecule has 2 atom stereocenters. The number of imide groups is 2. The van der Waals surface area contributed by atoms with Gasteiger partial charge in [0.2, 0.25) is 5.91 Å². The highest BCUT2D eigenvalue weighted by atomic mass is 35.5. The van der Waals surface area contributed by atoms with Gasteiger partial charge in [-0.15, -0.1) is 0 Å². The molecule has 6 rings (SSSR count). The molecule has 0 radical (unpaired) electrons. The van der Waals surface area contributed by atoms with E-state index in [9.17, 15) is 24.5 Å². The van der Waals surface area contributed by atoms with Gasteiger partial charge in [0.15, 0.2) is 5.41 Å². The maximum absolute atomic E-state index is 14.4. The Morgan fingerprint density at radius 3 is 2.39 bits per heavy atom. The number of nitrogens with one attached hydrogen (secondary N) is 1. The van der Waals surface area contributed by atoms with Crippen molar-refractivity contribution in [2.45, 2.75) is 12.5 Å². The number of nitrogens with zero attached hydrogens (tertiary/aromatic N) is 4. The van der Waals surface area contributed by atoms with E-state index in [1.54, 1.807) is 30.3 Å². The lowest BCUT2D eigenvalue weighted by Gasteiger charge is -2.55. The highest BCUT2D eigenvalue weighted by Gasteiger charge is 2.63. The van der Waals surface area contributed by atoms with Crippen molar-refractivity contribution in [1.82, 2.24) is 5.32 Å². The number of fused-ring (bicyclic) bond motifs is 4. The van der Waals surface area contributed by atoms with Gasteiger partial charge in [0.1, 0.15) is 0 Å². The van der Waals surface area contributed by atoms with Crippen LogP contribution in [0.25, 0.3) is 0 Å². The van der Waals surface area contributed by atoms with Gasteiger partial charge in [0, 0.05) is 54.6 Å². The lowest BCUT2D eigenvalue weighted by Crippen LogP contribution is -2.75. The molecule has 2 saturated heterocycles. The molecule has 38 heavy (non-hydrogen) atoms. The summed E-state index contributed by atoms with van der Waals surface area (Å²) in [4.78, 5) is 57.2. The largest absolute Gasteiger partial charge is 0.368 e. The molecule has 2 fully saturated rings. The molecule has 0 bridgehead atoms. The second kappa shape index (κ2) is 8.84. The number of nitro groups is 1. The van der Waals surface area contributed by atoms with Crippen LogP contribution in [0.4, 0.5) is 27.5 Å². The Hall–Kier alpha value is -4.44. The van der Waals surface area contributed by atoms with Gasteiger partial charge in [0.25, 0.3) is 11.6 Å². The molecular weight excluding hydrogens is 510 g/mol. The molecule has 1 spiro atoms. The minimum Gasteiger partial charge on any atom is -0.368 e. The first-order chi connectivity index (χ1) is 18.3. The fourth-order valence-corrected chi connectivity index (χ4v) is 5.95. The Bertz CT molecular complexity index is 1480. The molecule has 3 aliphatic rings. The minimum atomic E-state index is -1.71. The zero-order valence-electron chi connectivity index (χ0n) is 20.0. The second-order valence-corrected chi connectivity index (χ2v) is 10.0. The number of hydrogen-bond donors (Lipinski definition) is 1. The van der Waals surface area contributed by atoms with Gasteiger partial charge in [-0.05, 0) is 48.0 Å². The average Bonchev–Trinajstić information content (AvgIpc) is 2.92. The van der Waals surface area contributed by atoms with Crippen molar-refractivity contribution < 1.29 is 19.3 Å². The van der Waals surface area contributed by atoms with Crippen LogP contribution in [0.3, 0.4) is 0 Å². The van der Waals surface area contributed by atoms with Gasteiger partial charge < -0.3 is 9.80 Å². The second-order valence-electron chi connectivity index (χ2n) is 9.59. The number of hydrogen-bond acceptors (Lipinski definition) is 7. The predicted octanol–water partition coefficient (Wildman–Crippen LogP) is 3.77. The summed E-state index contributed by atoms with van der Waals surface area (Å²) in [5, 5.41) is 14.4. The van der Waals surface area contributed by atoms with E-state index in [0.29, 0.717) is 30.2 Å². The summed E-state index contributed by atoms with van der Waals surface area (Å²) < 4.78 is 0. The van der Waals surface area contributed by atoms with Crippen LogP contribution in [-0.2, 0) is 16.0 Å². The maximum Gasteiger partial charge on any atom is 0.335 e. The molecule has 1 N–H and O–H groups in total. The first kappa shape index (κ1) is 23.9. The van der Waals surface area contributed by atoms with E-state index in [2.05, 4.69) is 10.2 Å². The average molecular weight is 532 g/mol. The molecule has 3 aromatic carbocycles. The quantitative estimate of drug-likeness (QED) is 0.311. The van der Waals surface area contributed by atoms with Crippen molar-refractivity contribution in [2.24, 2.45) is 5.41 Å². The molecule has 0 unspecified atom stereocenters. The number of carbonyl (C=O) groups excluding carboxylic acids is 3. The van der Waals surface area contributed by atoms with E-state index in [1.807, 2.05) is 35.2 Å². The Labute approximate surface area is 222 Å². The summed E-state index contributed by atoms with van der Waals surface area (Å²) in [6.45, 7) is 1.42. The molecule has 3 aromatic rings. The molecule has 192 valence electrons. The van der Waals surface area contributed by atoms with Crippen LogP contribution in [0.15, 0.2) is 72.8 Å². The topological polar surface area (TPSA) is 116 Å². The van der Waals surface area contributed by atoms with Crippen molar-refractivity contribution >= 4 is 52.2 Å². The van der Waals surface area contributed by atoms with Crippen LogP contribution in [0.5, 0.6) is 0 Å². The fourth-order valence-electron chi connectivity index (χ4n) is 5.82. The number of non-ortho nitro benzene ring substituents is 1. The molecule has 11 heteroatoms. The van der Waals surface area contributed by atoms with E-state index in [-0.39, 0.29) is 17.8 Å². The van der Waals surface area contributed by atoms with Gasteiger partial charge in [0.05, 0.1) is 16.7 Å². The maximum atomic E-state index is 14.4. The number of anilines is 3. The van der Waals surface area contributed by atoms with Gasteiger partial charge in [-0.1, -0.05) is 29.8 Å². The summed E-state index contributed by atoms with van der Waals surface area (Å²) in [7, 11) is 0. The van der Waals surface area contributed by atoms with E-state index in [1.165, 1.54) is 12.1 Å². The van der Waals surface area contributed by atoms with Crippen LogP contribution in [0, 0.1) is 15.5 Å². The van der Waals surface area contributed by atoms with Crippen LogP contribution in [0.1, 0.15) is 5.56 Å². The third-order valence-electron chi connectivity index (χ3n) is 7.62. The number of benzene rings is 3. The third-order valence-corrected chi connectivity index (χ3v) is 7.87. The summed E-state index contributed by atoms with van der Waals surface area (Å²) >= 11 is 6.03. The lowest BCUT2D eigenvalue weighted by atomic mass is 9.67. The molecule has 0 aromatic heterocycles. The van der Waals surface area contributed by atoms with Crippen molar-refractivity contribution in [3.8, 4) is 0 Å². The molecule has 3 heterocycles. The zero-order chi connectivity index (χ0) is 26.6. The number of nitro benzene ring substituents is 1. The summed E-state index contributed by atoms with van der Waals surface area (Å²) in [5.41, 5.74) is 0.645. The Balaban J connectivity index is 1.50. The summed E-state index contributed by atoms with van der Waals surface area (Å²) in [6, 6.07) is 18.9. The lowest BCUT2D eigenvalue weighted by molar-refractivity contribution is -0.384. The van der Waals surface area contributed by atoms with Gasteiger partial charge >= 0.3 is 6.03 Å². The first-order valence-corrected chi connectivity index (χ1v) is 12.5. The van der Waals surface area contributed by atoms with Crippen LogP contribution in [0.2, 0.25) is 5.02 Å². The predicted molar refractivity (Wildman–Crippen MR) is 141 cm³/mol. The van der Waals surface area contributed by atoms with Crippen molar-refractivity contribution in [2.75, 3.05) is 34.3 Å². The van der Waals surface area contributed by atoms with Crippen LogP contribution < -0.4 is 20.0 Å². The van der Waals surface area contributed by atoms with Gasteiger partial charge in [-0.3, -0.25) is 25.0 Å². The Kier molecular flexibility index (Phi) is 5.57. The number of piperazine rings is 1. The van der Waals surface area contributed by atoms with Crippen molar-refractivity contribution in [1.29, 1.82) is 0 Å². The first-order valence-electron chi connectivity index (χ1n) is 12.1. The third kappa shape index (κ3) is 3.59. The summed E-state index contributed by atoms with van der Waals surface area (Å²) in [5.74, 6) is -1.38. The Morgan fingerprint density at radius 1 is 0.947 bits per heavy atom. The van der Waals surface area contributed by atoms with Crippen molar-refractivity contribution in [3.05, 3.63) is 93.5 Å². The molecule has 0 saturated carbocycles. The number of rotatable bonds is 3. The van der Waals surface area contributed by atoms with Gasteiger partial charge in [-0.2, -0.15) is 0 Å². The standard InChI is InChI=1S/C27H22ClN5O5/c28-18-6-8-20(9-7-18)32-25(35)27(24(34)29-26(32)36)15-17-14-21(33(37)38)10-11-22(17)31-13-12-30(16-23(27)31)19-4-2-1-3-5-19/h1-11,14,23H,12-13,15-16H2,(H,29,34,36)/t23-,27-/m1/s1. The number of carbonyl (C=O) groups is 3. The summed E-state index contributed by atoms with van der Waals surface area (Å²) in [6.07, 6.45) is -0.0875. The van der Waals surface area contributed by atoms with E-state index in [0.717, 1.165) is 16.3 Å². The zero-order valence-corrected chi connectivity index (χ0v) is 20.8. The molecule has 4 amide bonds. The smallest absolute Gasteiger partial charge is 0.335 e. The molecule has 0 aliphatic carbocycles. The number of urea groups is 1. The highest BCUT2D eigenvalue weighted by molar-refractivity contribution is 6.32. The normalized spacial score (nSPS) is 22.7. The number of barbiturate groups is 1. The van der Waals surface area contributed by atoms with Gasteiger partial charge in [-0.25, -0.2) is 9.69 Å².